The molecule has 0 aliphatic rings. The lowest BCUT2D eigenvalue weighted by Crippen LogP contribution is -2.45. The normalized spacial score (nSPS) is 11.7. The summed E-state index contributed by atoms with van der Waals surface area (Å²) < 4.78 is 1.62. The van der Waals surface area contributed by atoms with Gasteiger partial charge in [-0.3, -0.25) is 23.9 Å². The Kier molecular flexibility index (Phi) is 8.75. The molecular formula is C15H23N5O6. The first kappa shape index (κ1) is 21.1. The van der Waals surface area contributed by atoms with E-state index in [1.54, 1.807) is 10.9 Å². The SMILES string of the molecule is NC(=O)[C@H](CC(=O)O)NC(=O)CCCCn1cc(CCCC(=O)O)nn1. The standard InChI is InChI=1S/C15H23N5O6/c16-15(26)11(8-14(24)25)17-12(21)5-1-2-7-20-9-10(18-19-20)4-3-6-13(22)23/h9,11H,1-8H2,(H2,16,26)(H,17,21)(H,22,23)(H,24,25)/t11-/m0/s1. The smallest absolute Gasteiger partial charge is 0.305 e. The summed E-state index contributed by atoms with van der Waals surface area (Å²) in [5.74, 6) is -3.40. The minimum absolute atomic E-state index is 0.0795. The topological polar surface area (TPSA) is 178 Å². The predicted molar refractivity (Wildman–Crippen MR) is 87.8 cm³/mol. The second-order valence-electron chi connectivity index (χ2n) is 5.80. The molecule has 144 valence electrons. The maximum atomic E-state index is 11.7. The quantitative estimate of drug-likeness (QED) is 0.330. The van der Waals surface area contributed by atoms with Gasteiger partial charge in [-0.25, -0.2) is 0 Å². The molecule has 11 nitrogen and oxygen atoms in total. The van der Waals surface area contributed by atoms with E-state index >= 15 is 0 Å². The number of nitrogens with one attached hydrogen (secondary N) is 1. The fourth-order valence-electron chi connectivity index (χ4n) is 2.21. The van der Waals surface area contributed by atoms with Crippen LogP contribution in [-0.2, 0) is 32.1 Å². The average molecular weight is 369 g/mol. The van der Waals surface area contributed by atoms with Crippen molar-refractivity contribution < 1.29 is 29.4 Å². The molecule has 1 rings (SSSR count). The number of carbonyl (C=O) groups is 4. The third-order valence-electron chi connectivity index (χ3n) is 3.51. The number of hydrogen-bond donors (Lipinski definition) is 4. The molecule has 1 aromatic heterocycles. The lowest BCUT2D eigenvalue weighted by Gasteiger charge is -2.13. The van der Waals surface area contributed by atoms with Gasteiger partial charge in [-0.1, -0.05) is 5.21 Å². The number of unbranched alkanes of at least 4 members (excludes halogenated alkanes) is 1. The molecule has 0 saturated carbocycles. The zero-order chi connectivity index (χ0) is 19.5. The monoisotopic (exact) mass is 369 g/mol. The van der Waals surface area contributed by atoms with Crippen molar-refractivity contribution in [3.63, 3.8) is 0 Å². The number of carboxylic acid groups (broad SMARTS) is 2. The summed E-state index contributed by atoms with van der Waals surface area (Å²) in [6, 6.07) is -1.22. The Balaban J connectivity index is 2.26. The van der Waals surface area contributed by atoms with Crippen molar-refractivity contribution in [3.8, 4) is 0 Å². The molecule has 26 heavy (non-hydrogen) atoms. The summed E-state index contributed by atoms with van der Waals surface area (Å²) in [7, 11) is 0. The molecule has 5 N–H and O–H groups in total. The molecule has 0 unspecified atom stereocenters. The molecule has 1 heterocycles. The van der Waals surface area contributed by atoms with Crippen molar-refractivity contribution in [2.24, 2.45) is 5.73 Å². The summed E-state index contributed by atoms with van der Waals surface area (Å²) in [5, 5.41) is 27.4. The first-order valence-electron chi connectivity index (χ1n) is 8.19. The number of aryl methyl sites for hydroxylation is 2. The van der Waals surface area contributed by atoms with Crippen molar-refractivity contribution >= 4 is 23.8 Å². The lowest BCUT2D eigenvalue weighted by molar-refractivity contribution is -0.140. The fourth-order valence-corrected chi connectivity index (χ4v) is 2.21. The van der Waals surface area contributed by atoms with Crippen LogP contribution in [0.5, 0.6) is 0 Å². The zero-order valence-electron chi connectivity index (χ0n) is 14.3. The van der Waals surface area contributed by atoms with Gasteiger partial charge in [0.05, 0.1) is 12.1 Å². The molecule has 0 saturated heterocycles. The molecule has 11 heteroatoms. The maximum absolute atomic E-state index is 11.7. The highest BCUT2D eigenvalue weighted by atomic mass is 16.4. The van der Waals surface area contributed by atoms with E-state index in [-0.39, 0.29) is 12.8 Å². The molecule has 0 radical (unpaired) electrons. The Morgan fingerprint density at radius 2 is 1.85 bits per heavy atom. The van der Waals surface area contributed by atoms with Crippen LogP contribution >= 0.6 is 0 Å². The Bertz CT molecular complexity index is 644. The number of primary amides is 1. The number of nitrogens with two attached hydrogens (primary N) is 1. The Hall–Kier alpha value is -2.98. The fraction of sp³-hybridized carbons (Fsp3) is 0.600. The van der Waals surface area contributed by atoms with Crippen LogP contribution in [0, 0.1) is 0 Å². The predicted octanol–water partition coefficient (Wildman–Crippen LogP) is -0.699. The third kappa shape index (κ3) is 8.76. The summed E-state index contributed by atoms with van der Waals surface area (Å²) in [5.41, 5.74) is 5.76. The molecule has 0 aliphatic carbocycles. The highest BCUT2D eigenvalue weighted by Crippen LogP contribution is 2.04. The van der Waals surface area contributed by atoms with Gasteiger partial charge in [-0.15, -0.1) is 5.10 Å². The van der Waals surface area contributed by atoms with E-state index in [2.05, 4.69) is 15.6 Å². The Morgan fingerprint density at radius 1 is 1.12 bits per heavy atom. The number of hydrogen-bond acceptors (Lipinski definition) is 6. The van der Waals surface area contributed by atoms with Crippen LogP contribution in [0.15, 0.2) is 6.20 Å². The number of nitrogens with zero attached hydrogens (tertiary/aromatic N) is 3. The van der Waals surface area contributed by atoms with Crippen LogP contribution in [0.25, 0.3) is 0 Å². The van der Waals surface area contributed by atoms with Gasteiger partial charge < -0.3 is 21.3 Å². The molecular weight excluding hydrogens is 346 g/mol. The number of carbonyl (C=O) groups excluding carboxylic acids is 2. The van der Waals surface area contributed by atoms with Crippen LogP contribution in [0.3, 0.4) is 0 Å². The average Bonchev–Trinajstić information content (AvgIpc) is 2.98. The minimum atomic E-state index is -1.22. The van der Waals surface area contributed by atoms with Crippen LogP contribution in [0.1, 0.15) is 44.2 Å². The number of aliphatic carboxylic acids is 2. The zero-order valence-corrected chi connectivity index (χ0v) is 14.3. The van der Waals surface area contributed by atoms with E-state index in [1.165, 1.54) is 0 Å². The van der Waals surface area contributed by atoms with Gasteiger partial charge in [0.15, 0.2) is 0 Å². The van der Waals surface area contributed by atoms with Gasteiger partial charge in [-0.2, -0.15) is 0 Å². The first-order chi connectivity index (χ1) is 12.3. The third-order valence-corrected chi connectivity index (χ3v) is 3.51. The van der Waals surface area contributed by atoms with E-state index in [1.807, 2.05) is 0 Å². The highest BCUT2D eigenvalue weighted by molar-refractivity contribution is 5.89. The van der Waals surface area contributed by atoms with E-state index in [4.69, 9.17) is 15.9 Å². The lowest BCUT2D eigenvalue weighted by atomic mass is 10.1. The second-order valence-corrected chi connectivity index (χ2v) is 5.80. The molecule has 0 aliphatic heterocycles. The van der Waals surface area contributed by atoms with Crippen molar-refractivity contribution in [2.75, 3.05) is 0 Å². The largest absolute Gasteiger partial charge is 0.481 e. The summed E-state index contributed by atoms with van der Waals surface area (Å²) in [6.07, 6.45) is 3.56. The van der Waals surface area contributed by atoms with Gasteiger partial charge in [0.2, 0.25) is 11.8 Å². The van der Waals surface area contributed by atoms with Crippen LogP contribution in [0.2, 0.25) is 0 Å². The maximum Gasteiger partial charge on any atom is 0.305 e. The number of rotatable bonds is 13. The van der Waals surface area contributed by atoms with Gasteiger partial charge in [0, 0.05) is 25.6 Å². The molecule has 1 aromatic rings. The van der Waals surface area contributed by atoms with E-state index in [0.717, 1.165) is 0 Å². The summed E-state index contributed by atoms with van der Waals surface area (Å²) >= 11 is 0. The summed E-state index contributed by atoms with van der Waals surface area (Å²) in [6.45, 7) is 0.535. The van der Waals surface area contributed by atoms with E-state index in [0.29, 0.717) is 37.9 Å². The minimum Gasteiger partial charge on any atom is -0.481 e. The van der Waals surface area contributed by atoms with Gasteiger partial charge in [0.25, 0.3) is 0 Å². The molecule has 0 aromatic carbocycles. The first-order valence-corrected chi connectivity index (χ1v) is 8.19. The number of aromatic nitrogens is 3. The van der Waals surface area contributed by atoms with Crippen LogP contribution in [-0.4, -0.2) is 55.0 Å². The molecule has 2 amide bonds. The second kappa shape index (κ2) is 10.8. The highest BCUT2D eigenvalue weighted by Gasteiger charge is 2.20. The van der Waals surface area contributed by atoms with Crippen molar-refractivity contribution in [2.45, 2.75) is 57.5 Å². The number of carboxylic acids is 2. The summed E-state index contributed by atoms with van der Waals surface area (Å²) in [4.78, 5) is 43.9. The van der Waals surface area contributed by atoms with Gasteiger partial charge in [0.1, 0.15) is 6.04 Å². The molecule has 0 spiro atoms. The van der Waals surface area contributed by atoms with Gasteiger partial charge in [-0.05, 0) is 25.7 Å². The van der Waals surface area contributed by atoms with Crippen molar-refractivity contribution in [3.05, 3.63) is 11.9 Å². The van der Waals surface area contributed by atoms with Crippen molar-refractivity contribution in [1.82, 2.24) is 20.3 Å². The van der Waals surface area contributed by atoms with Crippen LogP contribution < -0.4 is 11.1 Å². The van der Waals surface area contributed by atoms with E-state index in [9.17, 15) is 19.2 Å². The van der Waals surface area contributed by atoms with Crippen molar-refractivity contribution in [1.29, 1.82) is 0 Å². The Morgan fingerprint density at radius 3 is 2.46 bits per heavy atom. The van der Waals surface area contributed by atoms with E-state index < -0.39 is 36.2 Å². The molecule has 0 fully saturated rings. The molecule has 1 atom stereocenters. The Labute approximate surface area is 149 Å². The van der Waals surface area contributed by atoms with Gasteiger partial charge >= 0.3 is 11.9 Å². The van der Waals surface area contributed by atoms with Crippen LogP contribution in [0.4, 0.5) is 0 Å². The molecule has 0 bridgehead atoms. The number of amides is 2.